The van der Waals surface area contributed by atoms with Crippen molar-refractivity contribution in [3.8, 4) is 0 Å². The molecule has 0 aliphatic carbocycles. The van der Waals surface area contributed by atoms with E-state index in [0.717, 1.165) is 32.4 Å². The summed E-state index contributed by atoms with van der Waals surface area (Å²) in [6.45, 7) is 2.02. The largest absolute Gasteiger partial charge is 0.330 e. The van der Waals surface area contributed by atoms with E-state index in [-0.39, 0.29) is 11.8 Å². The molecule has 2 atom stereocenters. The van der Waals surface area contributed by atoms with Gasteiger partial charge in [-0.25, -0.2) is 13.4 Å². The maximum Gasteiger partial charge on any atom is 0.152 e. The van der Waals surface area contributed by atoms with E-state index in [2.05, 4.69) is 14.9 Å². The van der Waals surface area contributed by atoms with Gasteiger partial charge >= 0.3 is 0 Å². The normalized spacial score (nSPS) is 31.6. The van der Waals surface area contributed by atoms with Crippen LogP contribution in [-0.4, -0.2) is 42.6 Å². The first kappa shape index (κ1) is 12.2. The Morgan fingerprint density at radius 2 is 2.28 bits per heavy atom. The summed E-state index contributed by atoms with van der Waals surface area (Å²) in [5.74, 6) is 1.10. The fourth-order valence-electron chi connectivity index (χ4n) is 3.06. The zero-order chi connectivity index (χ0) is 12.6. The van der Waals surface area contributed by atoms with Crippen molar-refractivity contribution in [1.82, 2.24) is 14.9 Å². The minimum absolute atomic E-state index is 0.0850. The minimum Gasteiger partial charge on any atom is -0.330 e. The molecule has 2 aliphatic rings. The molecule has 3 rings (SSSR count). The molecule has 1 aromatic rings. The van der Waals surface area contributed by atoms with Gasteiger partial charge in [0, 0.05) is 30.4 Å². The van der Waals surface area contributed by atoms with Crippen molar-refractivity contribution in [1.29, 1.82) is 0 Å². The Labute approximate surface area is 108 Å². The van der Waals surface area contributed by atoms with Crippen LogP contribution in [0.2, 0.25) is 0 Å². The standard InChI is InChI=1S/C12H19N3O2S/c16-18(17)5-1-2-11(8-18)15-9-14-7-12(15)10-3-4-13-6-10/h7,9-11,13H,1-6,8H2. The lowest BCUT2D eigenvalue weighted by Gasteiger charge is -2.26. The molecule has 1 N–H and O–H groups in total. The Hall–Kier alpha value is -0.880. The van der Waals surface area contributed by atoms with E-state index in [1.54, 1.807) is 6.33 Å². The number of sulfone groups is 1. The number of imidazole rings is 1. The highest BCUT2D eigenvalue weighted by atomic mass is 32.2. The summed E-state index contributed by atoms with van der Waals surface area (Å²) in [5, 5.41) is 3.35. The molecule has 100 valence electrons. The lowest BCUT2D eigenvalue weighted by Crippen LogP contribution is -2.28. The molecule has 2 saturated heterocycles. The Kier molecular flexibility index (Phi) is 3.15. The predicted octanol–water partition coefficient (Wildman–Crippen LogP) is 0.710. The van der Waals surface area contributed by atoms with Gasteiger partial charge in [0.25, 0.3) is 0 Å². The van der Waals surface area contributed by atoms with Crippen molar-refractivity contribution in [2.24, 2.45) is 0 Å². The molecule has 6 heteroatoms. The molecule has 2 aliphatic heterocycles. The molecule has 3 heterocycles. The van der Waals surface area contributed by atoms with Gasteiger partial charge in [-0.3, -0.25) is 0 Å². The molecule has 0 saturated carbocycles. The van der Waals surface area contributed by atoms with Gasteiger partial charge < -0.3 is 9.88 Å². The second-order valence-electron chi connectivity index (χ2n) is 5.33. The number of hydrogen-bond donors (Lipinski definition) is 1. The van der Waals surface area contributed by atoms with Gasteiger partial charge in [-0.05, 0) is 25.8 Å². The van der Waals surface area contributed by atoms with E-state index < -0.39 is 9.84 Å². The topological polar surface area (TPSA) is 64.0 Å². The smallest absolute Gasteiger partial charge is 0.152 e. The van der Waals surface area contributed by atoms with Crippen LogP contribution < -0.4 is 5.32 Å². The van der Waals surface area contributed by atoms with E-state index in [1.807, 2.05) is 6.20 Å². The molecule has 0 amide bonds. The average Bonchev–Trinajstić information content (AvgIpc) is 2.98. The highest BCUT2D eigenvalue weighted by molar-refractivity contribution is 7.91. The first-order valence-electron chi connectivity index (χ1n) is 6.58. The summed E-state index contributed by atoms with van der Waals surface area (Å²) >= 11 is 0. The van der Waals surface area contributed by atoms with E-state index in [1.165, 1.54) is 5.69 Å². The Morgan fingerprint density at radius 3 is 3.00 bits per heavy atom. The predicted molar refractivity (Wildman–Crippen MR) is 69.4 cm³/mol. The third-order valence-electron chi connectivity index (χ3n) is 4.01. The van der Waals surface area contributed by atoms with Gasteiger partial charge in [0.15, 0.2) is 9.84 Å². The number of nitrogens with zero attached hydrogens (tertiary/aromatic N) is 2. The molecule has 18 heavy (non-hydrogen) atoms. The zero-order valence-electron chi connectivity index (χ0n) is 10.4. The van der Waals surface area contributed by atoms with Gasteiger partial charge in [-0.1, -0.05) is 0 Å². The van der Waals surface area contributed by atoms with Gasteiger partial charge in [0.05, 0.1) is 17.8 Å². The number of hydrogen-bond acceptors (Lipinski definition) is 4. The van der Waals surface area contributed by atoms with Crippen LogP contribution in [0.4, 0.5) is 0 Å². The summed E-state index contributed by atoms with van der Waals surface area (Å²) < 4.78 is 25.6. The zero-order valence-corrected chi connectivity index (χ0v) is 11.2. The third kappa shape index (κ3) is 2.31. The monoisotopic (exact) mass is 269 g/mol. The van der Waals surface area contributed by atoms with Crippen molar-refractivity contribution in [2.75, 3.05) is 24.6 Å². The van der Waals surface area contributed by atoms with Crippen molar-refractivity contribution in [3.63, 3.8) is 0 Å². The molecule has 0 aromatic carbocycles. The quantitative estimate of drug-likeness (QED) is 0.859. The maximum atomic E-state index is 11.7. The van der Waals surface area contributed by atoms with Crippen LogP contribution in [0.25, 0.3) is 0 Å². The second-order valence-corrected chi connectivity index (χ2v) is 7.55. The summed E-state index contributed by atoms with van der Waals surface area (Å²) in [7, 11) is -2.86. The average molecular weight is 269 g/mol. The van der Waals surface area contributed by atoms with Crippen molar-refractivity contribution in [2.45, 2.75) is 31.2 Å². The number of nitrogens with one attached hydrogen (secondary N) is 1. The fraction of sp³-hybridized carbons (Fsp3) is 0.750. The van der Waals surface area contributed by atoms with Crippen LogP contribution in [-0.2, 0) is 9.84 Å². The van der Waals surface area contributed by atoms with Crippen LogP contribution in [0.15, 0.2) is 12.5 Å². The molecular weight excluding hydrogens is 250 g/mol. The highest BCUT2D eigenvalue weighted by Crippen LogP contribution is 2.29. The Bertz CT molecular complexity index is 517. The Morgan fingerprint density at radius 1 is 1.39 bits per heavy atom. The lowest BCUT2D eigenvalue weighted by molar-refractivity contribution is 0.451. The Balaban J connectivity index is 1.85. The minimum atomic E-state index is -2.86. The van der Waals surface area contributed by atoms with E-state index in [0.29, 0.717) is 11.7 Å². The fourth-order valence-corrected chi connectivity index (χ4v) is 4.75. The van der Waals surface area contributed by atoms with E-state index in [4.69, 9.17) is 0 Å². The summed E-state index contributed by atoms with van der Waals surface area (Å²) in [6, 6.07) is 0.0850. The van der Waals surface area contributed by atoms with Crippen LogP contribution >= 0.6 is 0 Å². The molecule has 0 bridgehead atoms. The molecule has 0 radical (unpaired) electrons. The van der Waals surface area contributed by atoms with E-state index in [9.17, 15) is 8.42 Å². The van der Waals surface area contributed by atoms with E-state index >= 15 is 0 Å². The number of rotatable bonds is 2. The first-order valence-corrected chi connectivity index (χ1v) is 8.41. The highest BCUT2D eigenvalue weighted by Gasteiger charge is 2.29. The molecular formula is C12H19N3O2S. The van der Waals surface area contributed by atoms with Crippen molar-refractivity contribution < 1.29 is 8.42 Å². The first-order chi connectivity index (χ1) is 8.66. The van der Waals surface area contributed by atoms with Gasteiger partial charge in [0.1, 0.15) is 0 Å². The SMILES string of the molecule is O=S1(=O)CCCC(n2cncc2C2CCNC2)C1. The lowest BCUT2D eigenvalue weighted by atomic mass is 10.0. The molecule has 2 fully saturated rings. The maximum absolute atomic E-state index is 11.7. The van der Waals surface area contributed by atoms with Gasteiger partial charge in [-0.15, -0.1) is 0 Å². The summed E-state index contributed by atoms with van der Waals surface area (Å²) in [6.07, 6.45) is 6.54. The number of aromatic nitrogens is 2. The third-order valence-corrected chi connectivity index (χ3v) is 5.81. The second kappa shape index (κ2) is 4.66. The molecule has 0 spiro atoms. The molecule has 1 aromatic heterocycles. The molecule has 5 nitrogen and oxygen atoms in total. The van der Waals surface area contributed by atoms with Crippen LogP contribution in [0.3, 0.4) is 0 Å². The van der Waals surface area contributed by atoms with Crippen LogP contribution in [0.1, 0.15) is 36.9 Å². The van der Waals surface area contributed by atoms with Crippen LogP contribution in [0.5, 0.6) is 0 Å². The van der Waals surface area contributed by atoms with Gasteiger partial charge in [-0.2, -0.15) is 0 Å². The van der Waals surface area contributed by atoms with Crippen LogP contribution in [0, 0.1) is 0 Å². The van der Waals surface area contributed by atoms with Crippen molar-refractivity contribution in [3.05, 3.63) is 18.2 Å². The molecule has 2 unspecified atom stereocenters. The summed E-state index contributed by atoms with van der Waals surface area (Å²) in [5.41, 5.74) is 1.20. The van der Waals surface area contributed by atoms with Gasteiger partial charge in [0.2, 0.25) is 0 Å². The van der Waals surface area contributed by atoms with Crippen molar-refractivity contribution >= 4 is 9.84 Å². The summed E-state index contributed by atoms with van der Waals surface area (Å²) in [4.78, 5) is 4.23.